The molecule has 2 aromatic carbocycles. The number of hydrogen-bond donors (Lipinski definition) is 1. The zero-order valence-corrected chi connectivity index (χ0v) is 15.0. The molecule has 1 aliphatic carbocycles. The van der Waals surface area contributed by atoms with Crippen LogP contribution in [-0.2, 0) is 10.2 Å². The highest BCUT2D eigenvalue weighted by atomic mass is 79.9. The van der Waals surface area contributed by atoms with E-state index in [1.165, 1.54) is 5.56 Å². The minimum atomic E-state index is -0.276. The number of fused-ring (bicyclic) bond motifs is 1. The van der Waals surface area contributed by atoms with Gasteiger partial charge in [0.05, 0.1) is 6.61 Å². The Morgan fingerprint density at radius 2 is 1.96 bits per heavy atom. The van der Waals surface area contributed by atoms with Crippen LogP contribution in [0.25, 0.3) is 10.9 Å². The Kier molecular flexibility index (Phi) is 3.72. The number of carbonyl (C=O) groups excluding carboxylic acids is 1. The predicted octanol–water partition coefficient (Wildman–Crippen LogP) is 5.19. The predicted molar refractivity (Wildman–Crippen MR) is 98.4 cm³/mol. The van der Waals surface area contributed by atoms with E-state index < -0.39 is 0 Å². The van der Waals surface area contributed by atoms with Gasteiger partial charge >= 0.3 is 5.97 Å². The Balaban J connectivity index is 1.97. The standard InChI is InChI=1S/C20H18BrNO2/c1-2-24-19(23)18-17(15-12-14(21)8-9-16(15)22-18)20(10-11-20)13-6-4-3-5-7-13/h3-9,12,22H,2,10-11H2,1H3. The highest BCUT2D eigenvalue weighted by Gasteiger charge is 2.49. The number of ether oxygens (including phenoxy) is 1. The van der Waals surface area contributed by atoms with E-state index in [9.17, 15) is 4.79 Å². The molecule has 0 unspecified atom stereocenters. The smallest absolute Gasteiger partial charge is 0.355 e. The molecule has 1 heterocycles. The van der Waals surface area contributed by atoms with Crippen LogP contribution in [0.1, 0.15) is 41.4 Å². The summed E-state index contributed by atoms with van der Waals surface area (Å²) in [7, 11) is 0. The molecule has 1 aliphatic rings. The second-order valence-corrected chi connectivity index (χ2v) is 7.15. The molecule has 122 valence electrons. The largest absolute Gasteiger partial charge is 0.461 e. The van der Waals surface area contributed by atoms with Gasteiger partial charge in [0.1, 0.15) is 5.69 Å². The van der Waals surface area contributed by atoms with Gasteiger partial charge in [-0.05, 0) is 43.5 Å². The van der Waals surface area contributed by atoms with Crippen molar-refractivity contribution in [3.05, 3.63) is 69.8 Å². The first kappa shape index (κ1) is 15.5. The number of aromatic nitrogens is 1. The molecule has 3 nitrogen and oxygen atoms in total. The van der Waals surface area contributed by atoms with E-state index in [2.05, 4.69) is 51.2 Å². The topological polar surface area (TPSA) is 42.1 Å². The molecule has 0 spiro atoms. The number of halogens is 1. The van der Waals surface area contributed by atoms with Crippen molar-refractivity contribution in [3.63, 3.8) is 0 Å². The number of rotatable bonds is 4. The molecule has 0 bridgehead atoms. The van der Waals surface area contributed by atoms with Crippen molar-refractivity contribution in [1.82, 2.24) is 4.98 Å². The molecule has 4 rings (SSSR count). The second-order valence-electron chi connectivity index (χ2n) is 6.23. The Hall–Kier alpha value is -2.07. The molecule has 1 N–H and O–H groups in total. The summed E-state index contributed by atoms with van der Waals surface area (Å²) in [6.45, 7) is 2.20. The maximum Gasteiger partial charge on any atom is 0.355 e. The van der Waals surface area contributed by atoms with E-state index in [1.54, 1.807) is 0 Å². The van der Waals surface area contributed by atoms with Crippen LogP contribution >= 0.6 is 15.9 Å². The number of esters is 1. The lowest BCUT2D eigenvalue weighted by atomic mass is 9.86. The lowest BCUT2D eigenvalue weighted by Crippen LogP contribution is -2.15. The van der Waals surface area contributed by atoms with E-state index in [4.69, 9.17) is 4.74 Å². The van der Waals surface area contributed by atoms with Crippen molar-refractivity contribution >= 4 is 32.8 Å². The van der Waals surface area contributed by atoms with Crippen LogP contribution in [-0.4, -0.2) is 17.6 Å². The van der Waals surface area contributed by atoms with Crippen LogP contribution in [0.5, 0.6) is 0 Å². The zero-order chi connectivity index (χ0) is 16.7. The minimum absolute atomic E-state index is 0.0948. The quantitative estimate of drug-likeness (QED) is 0.630. The summed E-state index contributed by atoms with van der Waals surface area (Å²) in [5, 5.41) is 1.09. The summed E-state index contributed by atoms with van der Waals surface area (Å²) in [5.41, 5.74) is 3.80. The number of hydrogen-bond acceptors (Lipinski definition) is 2. The SMILES string of the molecule is CCOC(=O)c1[nH]c2ccc(Br)cc2c1C1(c2ccccc2)CC1. The summed E-state index contributed by atoms with van der Waals surface area (Å²) in [6, 6.07) is 16.5. The van der Waals surface area contributed by atoms with Gasteiger partial charge in [-0.3, -0.25) is 0 Å². The van der Waals surface area contributed by atoms with Gasteiger partial charge in [0.2, 0.25) is 0 Å². The average Bonchev–Trinajstić information content (AvgIpc) is 3.31. The van der Waals surface area contributed by atoms with E-state index >= 15 is 0 Å². The number of carbonyl (C=O) groups is 1. The molecule has 3 aromatic rings. The average molecular weight is 384 g/mol. The number of aromatic amines is 1. The van der Waals surface area contributed by atoms with Gasteiger partial charge in [0, 0.05) is 26.4 Å². The van der Waals surface area contributed by atoms with Gasteiger partial charge in [-0.2, -0.15) is 0 Å². The molecule has 0 radical (unpaired) electrons. The van der Waals surface area contributed by atoms with Crippen LogP contribution in [0.4, 0.5) is 0 Å². The van der Waals surface area contributed by atoms with Gasteiger partial charge in [0.15, 0.2) is 0 Å². The molecular formula is C20H18BrNO2. The third kappa shape index (κ3) is 2.37. The molecule has 0 amide bonds. The fraction of sp³-hybridized carbons (Fsp3) is 0.250. The van der Waals surface area contributed by atoms with E-state index in [1.807, 2.05) is 25.1 Å². The highest BCUT2D eigenvalue weighted by Crippen LogP contribution is 2.56. The van der Waals surface area contributed by atoms with Crippen molar-refractivity contribution in [3.8, 4) is 0 Å². The molecular weight excluding hydrogens is 366 g/mol. The third-order valence-electron chi connectivity index (χ3n) is 4.80. The first-order valence-corrected chi connectivity index (χ1v) is 8.99. The summed E-state index contributed by atoms with van der Waals surface area (Å²) in [5.74, 6) is -0.276. The summed E-state index contributed by atoms with van der Waals surface area (Å²) in [6.07, 6.45) is 2.09. The van der Waals surface area contributed by atoms with Gasteiger partial charge in [-0.25, -0.2) is 4.79 Å². The van der Waals surface area contributed by atoms with Gasteiger partial charge in [0.25, 0.3) is 0 Å². The molecule has 1 fully saturated rings. The van der Waals surface area contributed by atoms with Crippen molar-refractivity contribution in [1.29, 1.82) is 0 Å². The highest BCUT2D eigenvalue weighted by molar-refractivity contribution is 9.10. The maximum atomic E-state index is 12.6. The molecule has 1 saturated carbocycles. The monoisotopic (exact) mass is 383 g/mol. The molecule has 24 heavy (non-hydrogen) atoms. The van der Waals surface area contributed by atoms with E-state index in [-0.39, 0.29) is 11.4 Å². The zero-order valence-electron chi connectivity index (χ0n) is 13.4. The van der Waals surface area contributed by atoms with E-state index in [0.29, 0.717) is 12.3 Å². The Bertz CT molecular complexity index is 910. The second kappa shape index (κ2) is 5.78. The van der Waals surface area contributed by atoms with Crippen LogP contribution in [0.2, 0.25) is 0 Å². The molecule has 0 aliphatic heterocycles. The first-order chi connectivity index (χ1) is 11.7. The fourth-order valence-electron chi connectivity index (χ4n) is 3.58. The third-order valence-corrected chi connectivity index (χ3v) is 5.29. The molecule has 0 atom stereocenters. The molecule has 4 heteroatoms. The van der Waals surface area contributed by atoms with E-state index in [0.717, 1.165) is 33.8 Å². The number of benzene rings is 2. The molecule has 0 saturated heterocycles. The minimum Gasteiger partial charge on any atom is -0.461 e. The Morgan fingerprint density at radius 3 is 2.62 bits per heavy atom. The van der Waals surface area contributed by atoms with Crippen molar-refractivity contribution < 1.29 is 9.53 Å². The Labute approximate surface area is 149 Å². The lowest BCUT2D eigenvalue weighted by Gasteiger charge is -2.17. The molecule has 1 aromatic heterocycles. The lowest BCUT2D eigenvalue weighted by molar-refractivity contribution is 0.0518. The summed E-state index contributed by atoms with van der Waals surface area (Å²) >= 11 is 3.56. The number of H-pyrrole nitrogens is 1. The fourth-order valence-corrected chi connectivity index (χ4v) is 3.94. The van der Waals surface area contributed by atoms with Gasteiger partial charge < -0.3 is 9.72 Å². The van der Waals surface area contributed by atoms with Crippen molar-refractivity contribution in [2.75, 3.05) is 6.61 Å². The number of nitrogens with one attached hydrogen (secondary N) is 1. The van der Waals surface area contributed by atoms with Crippen LogP contribution in [0, 0.1) is 0 Å². The normalized spacial score (nSPS) is 15.4. The van der Waals surface area contributed by atoms with Gasteiger partial charge in [-0.1, -0.05) is 46.3 Å². The van der Waals surface area contributed by atoms with Gasteiger partial charge in [-0.15, -0.1) is 0 Å². The maximum absolute atomic E-state index is 12.6. The summed E-state index contributed by atoms with van der Waals surface area (Å²) < 4.78 is 6.31. The van der Waals surface area contributed by atoms with Crippen molar-refractivity contribution in [2.45, 2.75) is 25.2 Å². The van der Waals surface area contributed by atoms with Crippen LogP contribution in [0.3, 0.4) is 0 Å². The van der Waals surface area contributed by atoms with Crippen LogP contribution < -0.4 is 0 Å². The Morgan fingerprint density at radius 1 is 1.21 bits per heavy atom. The van der Waals surface area contributed by atoms with Crippen LogP contribution in [0.15, 0.2) is 53.0 Å². The summed E-state index contributed by atoms with van der Waals surface area (Å²) in [4.78, 5) is 15.9. The first-order valence-electron chi connectivity index (χ1n) is 8.20. The van der Waals surface area contributed by atoms with Crippen molar-refractivity contribution in [2.24, 2.45) is 0 Å².